The van der Waals surface area contributed by atoms with E-state index in [0.717, 1.165) is 5.75 Å². The van der Waals surface area contributed by atoms with E-state index >= 15 is 0 Å². The molecule has 3 aromatic rings. The van der Waals surface area contributed by atoms with Gasteiger partial charge in [-0.2, -0.15) is 0 Å². The number of hydrogen-bond acceptors (Lipinski definition) is 7. The number of ether oxygens (including phenoxy) is 4. The number of anilines is 2. The van der Waals surface area contributed by atoms with E-state index in [0.29, 0.717) is 41.9 Å². The van der Waals surface area contributed by atoms with Crippen molar-refractivity contribution in [3.8, 4) is 23.0 Å². The van der Waals surface area contributed by atoms with Gasteiger partial charge in [0.05, 0.1) is 27.9 Å². The van der Waals surface area contributed by atoms with Gasteiger partial charge in [0.15, 0.2) is 11.5 Å². The Morgan fingerprint density at radius 1 is 0.903 bits per heavy atom. The molecule has 1 aromatic heterocycles. The van der Waals surface area contributed by atoms with Gasteiger partial charge in [-0.05, 0) is 24.3 Å². The van der Waals surface area contributed by atoms with E-state index in [4.69, 9.17) is 18.9 Å². The summed E-state index contributed by atoms with van der Waals surface area (Å²) >= 11 is 0. The van der Waals surface area contributed by atoms with E-state index < -0.39 is 0 Å². The van der Waals surface area contributed by atoms with Crippen LogP contribution in [0.1, 0.15) is 10.5 Å². The van der Waals surface area contributed by atoms with E-state index in [2.05, 4.69) is 15.6 Å². The molecule has 2 aromatic carbocycles. The average molecular weight is 423 g/mol. The Kier molecular flexibility index (Phi) is 7.53. The summed E-state index contributed by atoms with van der Waals surface area (Å²) in [5.41, 5.74) is 0.966. The molecule has 0 bridgehead atoms. The highest BCUT2D eigenvalue weighted by Crippen LogP contribution is 2.40. The Balaban J connectivity index is 1.62. The molecule has 31 heavy (non-hydrogen) atoms. The zero-order valence-corrected chi connectivity index (χ0v) is 17.7. The Bertz CT molecular complexity index is 986. The summed E-state index contributed by atoms with van der Waals surface area (Å²) in [6.07, 6.45) is 0. The number of nitrogens with zero attached hydrogens (tertiary/aromatic N) is 1. The largest absolute Gasteiger partial charge is 0.493 e. The maximum absolute atomic E-state index is 12.4. The first-order chi connectivity index (χ1) is 15.1. The molecule has 0 saturated heterocycles. The number of hydrogen-bond donors (Lipinski definition) is 2. The smallest absolute Gasteiger partial charge is 0.270 e. The van der Waals surface area contributed by atoms with Crippen molar-refractivity contribution >= 4 is 17.4 Å². The Morgan fingerprint density at radius 2 is 1.61 bits per heavy atom. The van der Waals surface area contributed by atoms with E-state index in [-0.39, 0.29) is 11.6 Å². The number of rotatable bonds is 10. The van der Waals surface area contributed by atoms with E-state index in [1.54, 1.807) is 51.7 Å². The lowest BCUT2D eigenvalue weighted by Gasteiger charge is -2.15. The molecular weight excluding hydrogens is 398 g/mol. The molecule has 162 valence electrons. The number of carbonyl (C=O) groups excluding carboxylic acids is 1. The molecule has 1 heterocycles. The minimum absolute atomic E-state index is 0.287. The number of benzene rings is 2. The van der Waals surface area contributed by atoms with Crippen LogP contribution in [0.3, 0.4) is 0 Å². The summed E-state index contributed by atoms with van der Waals surface area (Å²) in [6, 6.07) is 18.1. The maximum atomic E-state index is 12.4. The standard InChI is InChI=1S/C23H25N3O5/c1-28-19-14-16(15-20(29-2)22(19)30-3)25-21-11-7-10-18(26-21)23(27)24-12-13-31-17-8-5-4-6-9-17/h4-11,14-15H,12-13H2,1-3H3,(H,24,27)(H,25,26). The summed E-state index contributed by atoms with van der Waals surface area (Å²) in [7, 11) is 4.64. The van der Waals surface area contributed by atoms with Crippen molar-refractivity contribution in [3.05, 3.63) is 66.4 Å². The van der Waals surface area contributed by atoms with Crippen molar-refractivity contribution in [2.45, 2.75) is 0 Å². The van der Waals surface area contributed by atoms with Crippen molar-refractivity contribution in [2.75, 3.05) is 39.8 Å². The summed E-state index contributed by atoms with van der Waals surface area (Å²) < 4.78 is 21.6. The number of amides is 1. The van der Waals surface area contributed by atoms with Crippen LogP contribution in [0.4, 0.5) is 11.5 Å². The van der Waals surface area contributed by atoms with E-state index in [1.807, 2.05) is 30.3 Å². The van der Waals surface area contributed by atoms with Gasteiger partial charge in [-0.1, -0.05) is 24.3 Å². The summed E-state index contributed by atoms with van der Waals surface area (Å²) in [5, 5.41) is 5.96. The molecule has 0 aliphatic rings. The lowest BCUT2D eigenvalue weighted by Crippen LogP contribution is -2.28. The molecule has 3 rings (SSSR count). The van der Waals surface area contributed by atoms with Crippen molar-refractivity contribution in [1.82, 2.24) is 10.3 Å². The number of para-hydroxylation sites is 1. The quantitative estimate of drug-likeness (QED) is 0.481. The summed E-state index contributed by atoms with van der Waals surface area (Å²) in [4.78, 5) is 16.8. The van der Waals surface area contributed by atoms with E-state index in [9.17, 15) is 4.79 Å². The first-order valence-corrected chi connectivity index (χ1v) is 9.64. The number of carbonyl (C=O) groups is 1. The first kappa shape index (κ1) is 21.8. The molecule has 8 heteroatoms. The van der Waals surface area contributed by atoms with Crippen LogP contribution in [0.25, 0.3) is 0 Å². The van der Waals surface area contributed by atoms with Crippen LogP contribution in [0.2, 0.25) is 0 Å². The van der Waals surface area contributed by atoms with Gasteiger partial charge >= 0.3 is 0 Å². The zero-order chi connectivity index (χ0) is 22.1. The minimum atomic E-state index is -0.287. The number of nitrogens with one attached hydrogen (secondary N) is 2. The SMILES string of the molecule is COc1cc(Nc2cccc(C(=O)NCCOc3ccccc3)n2)cc(OC)c1OC. The fourth-order valence-corrected chi connectivity index (χ4v) is 2.87. The second-order valence-corrected chi connectivity index (χ2v) is 6.36. The van der Waals surface area contributed by atoms with Gasteiger partial charge in [0.2, 0.25) is 5.75 Å². The molecule has 0 fully saturated rings. The highest BCUT2D eigenvalue weighted by Gasteiger charge is 2.14. The van der Waals surface area contributed by atoms with Crippen LogP contribution in [0.15, 0.2) is 60.7 Å². The van der Waals surface area contributed by atoms with Gasteiger partial charge < -0.3 is 29.6 Å². The Hall–Kier alpha value is -3.94. The van der Waals surface area contributed by atoms with Gasteiger partial charge in [-0.25, -0.2) is 4.98 Å². The molecule has 0 radical (unpaired) electrons. The zero-order valence-electron chi connectivity index (χ0n) is 17.7. The van der Waals surface area contributed by atoms with Crippen molar-refractivity contribution < 1.29 is 23.7 Å². The van der Waals surface area contributed by atoms with Crippen LogP contribution in [-0.4, -0.2) is 45.4 Å². The third-order valence-electron chi connectivity index (χ3n) is 4.32. The molecule has 1 amide bonds. The lowest BCUT2D eigenvalue weighted by atomic mass is 10.2. The third kappa shape index (κ3) is 5.79. The van der Waals surface area contributed by atoms with Gasteiger partial charge in [-0.15, -0.1) is 0 Å². The number of methoxy groups -OCH3 is 3. The minimum Gasteiger partial charge on any atom is -0.493 e. The fraction of sp³-hybridized carbons (Fsp3) is 0.217. The van der Waals surface area contributed by atoms with Crippen molar-refractivity contribution in [3.63, 3.8) is 0 Å². The second-order valence-electron chi connectivity index (χ2n) is 6.36. The van der Waals surface area contributed by atoms with Crippen molar-refractivity contribution in [2.24, 2.45) is 0 Å². The average Bonchev–Trinajstić information content (AvgIpc) is 2.81. The molecule has 0 saturated carbocycles. The molecule has 0 aliphatic heterocycles. The Morgan fingerprint density at radius 3 is 2.26 bits per heavy atom. The molecular formula is C23H25N3O5. The fourth-order valence-electron chi connectivity index (χ4n) is 2.87. The molecule has 0 atom stereocenters. The van der Waals surface area contributed by atoms with E-state index in [1.165, 1.54) is 0 Å². The molecule has 8 nitrogen and oxygen atoms in total. The first-order valence-electron chi connectivity index (χ1n) is 9.64. The predicted molar refractivity (Wildman–Crippen MR) is 118 cm³/mol. The maximum Gasteiger partial charge on any atom is 0.270 e. The highest BCUT2D eigenvalue weighted by atomic mass is 16.5. The van der Waals surface area contributed by atoms with Crippen LogP contribution < -0.4 is 29.6 Å². The molecule has 2 N–H and O–H groups in total. The van der Waals surface area contributed by atoms with Crippen LogP contribution in [0.5, 0.6) is 23.0 Å². The van der Waals surface area contributed by atoms with Gasteiger partial charge in [0.25, 0.3) is 5.91 Å². The monoisotopic (exact) mass is 423 g/mol. The van der Waals surface area contributed by atoms with Gasteiger partial charge in [0.1, 0.15) is 23.9 Å². The normalized spacial score (nSPS) is 10.2. The van der Waals surface area contributed by atoms with Crippen LogP contribution in [-0.2, 0) is 0 Å². The molecule has 0 aliphatic carbocycles. The predicted octanol–water partition coefficient (Wildman–Crippen LogP) is 3.66. The summed E-state index contributed by atoms with van der Waals surface area (Å²) in [6.45, 7) is 0.721. The Labute approximate surface area is 181 Å². The van der Waals surface area contributed by atoms with Crippen molar-refractivity contribution in [1.29, 1.82) is 0 Å². The van der Waals surface area contributed by atoms with Gasteiger partial charge in [-0.3, -0.25) is 4.79 Å². The topological polar surface area (TPSA) is 90.9 Å². The molecule has 0 unspecified atom stereocenters. The number of pyridine rings is 1. The van der Waals surface area contributed by atoms with Crippen LogP contribution in [0, 0.1) is 0 Å². The second kappa shape index (κ2) is 10.7. The third-order valence-corrected chi connectivity index (χ3v) is 4.32. The number of aromatic nitrogens is 1. The van der Waals surface area contributed by atoms with Gasteiger partial charge in [0, 0.05) is 17.8 Å². The highest BCUT2D eigenvalue weighted by molar-refractivity contribution is 5.92. The van der Waals surface area contributed by atoms with Crippen LogP contribution >= 0.6 is 0 Å². The molecule has 0 spiro atoms. The summed E-state index contributed by atoms with van der Waals surface area (Å²) in [5.74, 6) is 2.49. The lowest BCUT2D eigenvalue weighted by molar-refractivity contribution is 0.0942.